The number of rotatable bonds is 4. The molecule has 3 aliphatic rings. The second-order valence-corrected chi connectivity index (χ2v) is 8.99. The lowest BCUT2D eigenvalue weighted by Crippen LogP contribution is -2.59. The molecule has 3 atom stereocenters. The minimum Gasteiger partial charge on any atom is -0.472 e. The molecule has 35 heavy (non-hydrogen) atoms. The molecule has 0 spiro atoms. The molecule has 182 valence electrons. The van der Waals surface area contributed by atoms with Crippen molar-refractivity contribution in [1.82, 2.24) is 19.9 Å². The van der Waals surface area contributed by atoms with Gasteiger partial charge in [-0.2, -0.15) is 13.2 Å². The van der Waals surface area contributed by atoms with Gasteiger partial charge in [0, 0.05) is 36.8 Å². The number of alkyl halides is 3. The minimum atomic E-state index is -4.48. The fourth-order valence-electron chi connectivity index (χ4n) is 4.90. The third kappa shape index (κ3) is 4.56. The van der Waals surface area contributed by atoms with Crippen LogP contribution in [0, 0.1) is 18.7 Å². The number of aromatic nitrogens is 3. The smallest absolute Gasteiger partial charge is 0.417 e. The van der Waals surface area contributed by atoms with E-state index in [0.29, 0.717) is 24.9 Å². The largest absolute Gasteiger partial charge is 0.472 e. The first-order valence-corrected chi connectivity index (χ1v) is 11.3. The molecule has 0 N–H and O–H groups in total. The molecule has 0 unspecified atom stereocenters. The molecule has 1 saturated carbocycles. The Morgan fingerprint density at radius 2 is 1.94 bits per heavy atom. The minimum absolute atomic E-state index is 0.0518. The van der Waals surface area contributed by atoms with Crippen LogP contribution in [-0.4, -0.2) is 44.4 Å². The first kappa shape index (κ1) is 23.2. The summed E-state index contributed by atoms with van der Waals surface area (Å²) in [6, 6.07) is 6.26. The Bertz CT molecular complexity index is 1250. The maximum atomic E-state index is 14.5. The Balaban J connectivity index is 1.41. The van der Waals surface area contributed by atoms with Gasteiger partial charge in [-0.05, 0) is 61.9 Å². The predicted molar refractivity (Wildman–Crippen MR) is 118 cm³/mol. The molecule has 2 saturated heterocycles. The standard InChI is InChI=1S/C25H22F4N4O2/c1-14-9-17(22-18(26)3-2-8-30-22)23(32-11-14)24(34)33-13-15-4-6-19(33)20(10-15)35-21-7-5-16(12-31-21)25(27,28)29/h2-3,5,7-9,11-12,15,19-20H,4,6,10,13H2,1H3/t15-,19+,20-/m1/s1. The third-order valence-corrected chi connectivity index (χ3v) is 6.56. The number of hydrogen-bond acceptors (Lipinski definition) is 5. The van der Waals surface area contributed by atoms with E-state index >= 15 is 0 Å². The summed E-state index contributed by atoms with van der Waals surface area (Å²) in [5.41, 5.74) is 0.377. The molecule has 6 rings (SSSR count). The maximum Gasteiger partial charge on any atom is 0.417 e. The van der Waals surface area contributed by atoms with Gasteiger partial charge in [-0.3, -0.25) is 14.8 Å². The monoisotopic (exact) mass is 486 g/mol. The topological polar surface area (TPSA) is 68.2 Å². The highest BCUT2D eigenvalue weighted by molar-refractivity contribution is 5.99. The molecule has 3 aromatic heterocycles. The second-order valence-electron chi connectivity index (χ2n) is 8.99. The number of hydrogen-bond donors (Lipinski definition) is 0. The summed E-state index contributed by atoms with van der Waals surface area (Å²) >= 11 is 0. The van der Waals surface area contributed by atoms with Crippen LogP contribution in [0.2, 0.25) is 0 Å². The summed E-state index contributed by atoms with van der Waals surface area (Å²) < 4.78 is 59.0. The lowest BCUT2D eigenvalue weighted by atomic mass is 9.77. The SMILES string of the molecule is Cc1cnc(C(=O)N2C[C@@H]3CC[C@H]2[C@H](Oc2ccc(C(F)(F)F)cn2)C3)c(-c2ncccc2F)c1. The van der Waals surface area contributed by atoms with E-state index in [1.54, 1.807) is 24.1 Å². The Morgan fingerprint density at radius 1 is 1.11 bits per heavy atom. The van der Waals surface area contributed by atoms with Gasteiger partial charge < -0.3 is 9.64 Å². The molecule has 1 aliphatic carbocycles. The number of amides is 1. The quantitative estimate of drug-likeness (QED) is 0.482. The number of piperidine rings is 2. The van der Waals surface area contributed by atoms with Gasteiger partial charge in [-0.25, -0.2) is 9.37 Å². The van der Waals surface area contributed by atoms with Crippen LogP contribution >= 0.6 is 0 Å². The van der Waals surface area contributed by atoms with E-state index in [2.05, 4.69) is 15.0 Å². The van der Waals surface area contributed by atoms with Crippen LogP contribution in [0.5, 0.6) is 5.88 Å². The van der Waals surface area contributed by atoms with Crippen LogP contribution in [0.4, 0.5) is 17.6 Å². The van der Waals surface area contributed by atoms with Crippen molar-refractivity contribution in [2.45, 2.75) is 44.5 Å². The van der Waals surface area contributed by atoms with Crippen LogP contribution in [0.3, 0.4) is 0 Å². The number of aryl methyl sites for hydroxylation is 1. The Kier molecular flexibility index (Phi) is 5.90. The van der Waals surface area contributed by atoms with Crippen molar-refractivity contribution in [2.75, 3.05) is 6.54 Å². The average Bonchev–Trinajstić information content (AvgIpc) is 2.84. The van der Waals surface area contributed by atoms with E-state index in [9.17, 15) is 22.4 Å². The predicted octanol–water partition coefficient (Wildman–Crippen LogP) is 5.08. The van der Waals surface area contributed by atoms with Crippen LogP contribution in [0.25, 0.3) is 11.3 Å². The molecule has 2 aliphatic heterocycles. The van der Waals surface area contributed by atoms with Crippen molar-refractivity contribution in [2.24, 2.45) is 5.92 Å². The highest BCUT2D eigenvalue weighted by Gasteiger charge is 2.45. The highest BCUT2D eigenvalue weighted by atomic mass is 19.4. The van der Waals surface area contributed by atoms with Gasteiger partial charge in [0.15, 0.2) is 0 Å². The highest BCUT2D eigenvalue weighted by Crippen LogP contribution is 2.39. The average molecular weight is 486 g/mol. The molecule has 6 nitrogen and oxygen atoms in total. The van der Waals surface area contributed by atoms with E-state index in [-0.39, 0.29) is 35.1 Å². The zero-order valence-corrected chi connectivity index (χ0v) is 18.8. The molecule has 0 radical (unpaired) electrons. The van der Waals surface area contributed by atoms with Gasteiger partial charge in [0.2, 0.25) is 5.88 Å². The maximum absolute atomic E-state index is 14.5. The summed E-state index contributed by atoms with van der Waals surface area (Å²) in [4.78, 5) is 27.6. The molecule has 1 amide bonds. The van der Waals surface area contributed by atoms with Crippen molar-refractivity contribution in [3.8, 4) is 17.1 Å². The Morgan fingerprint density at radius 3 is 2.63 bits per heavy atom. The summed E-state index contributed by atoms with van der Waals surface area (Å²) in [6.07, 6.45) is 1.11. The molecular formula is C25H22F4N4O2. The van der Waals surface area contributed by atoms with E-state index in [0.717, 1.165) is 24.2 Å². The third-order valence-electron chi connectivity index (χ3n) is 6.56. The van der Waals surface area contributed by atoms with Crippen molar-refractivity contribution >= 4 is 5.91 Å². The van der Waals surface area contributed by atoms with E-state index in [1.807, 2.05) is 0 Å². The molecule has 0 aromatic carbocycles. The van der Waals surface area contributed by atoms with Crippen molar-refractivity contribution in [1.29, 1.82) is 0 Å². The Hall–Kier alpha value is -3.56. The number of halogens is 4. The fourth-order valence-corrected chi connectivity index (χ4v) is 4.90. The number of pyridine rings is 3. The van der Waals surface area contributed by atoms with Crippen molar-refractivity contribution < 1.29 is 27.1 Å². The van der Waals surface area contributed by atoms with Crippen LogP contribution in [0.1, 0.15) is 40.9 Å². The normalized spacial score (nSPS) is 21.7. The lowest BCUT2D eigenvalue weighted by molar-refractivity contribution is -0.137. The van der Waals surface area contributed by atoms with Gasteiger partial charge >= 0.3 is 6.18 Å². The Labute approximate surface area is 199 Å². The van der Waals surface area contributed by atoms with Gasteiger partial charge in [0.25, 0.3) is 5.91 Å². The lowest BCUT2D eigenvalue weighted by Gasteiger charge is -2.49. The van der Waals surface area contributed by atoms with Crippen molar-refractivity contribution in [3.63, 3.8) is 0 Å². The molecule has 3 fully saturated rings. The van der Waals surface area contributed by atoms with Gasteiger partial charge in [0.1, 0.15) is 23.3 Å². The van der Waals surface area contributed by atoms with Crippen LogP contribution in [-0.2, 0) is 6.18 Å². The van der Waals surface area contributed by atoms with Gasteiger partial charge in [0.05, 0.1) is 11.6 Å². The molecular weight excluding hydrogens is 464 g/mol. The fraction of sp³-hybridized carbons (Fsp3) is 0.360. The number of fused-ring (bicyclic) bond motifs is 3. The summed E-state index contributed by atoms with van der Waals surface area (Å²) in [7, 11) is 0. The molecule has 10 heteroatoms. The number of carbonyl (C=O) groups is 1. The molecule has 5 heterocycles. The van der Waals surface area contributed by atoms with Gasteiger partial charge in [-0.15, -0.1) is 0 Å². The number of carbonyl (C=O) groups excluding carboxylic acids is 1. The van der Waals surface area contributed by atoms with Crippen molar-refractivity contribution in [3.05, 3.63) is 71.6 Å². The summed E-state index contributed by atoms with van der Waals surface area (Å²) in [5, 5.41) is 0. The van der Waals surface area contributed by atoms with E-state index in [1.165, 1.54) is 24.4 Å². The number of ether oxygens (including phenoxy) is 1. The van der Waals surface area contributed by atoms with Crippen LogP contribution in [0.15, 0.2) is 48.9 Å². The first-order valence-electron chi connectivity index (χ1n) is 11.3. The molecule has 2 bridgehead atoms. The van der Waals surface area contributed by atoms with E-state index < -0.39 is 23.7 Å². The first-order chi connectivity index (χ1) is 16.7. The zero-order chi connectivity index (χ0) is 24.7. The molecule has 3 aromatic rings. The summed E-state index contributed by atoms with van der Waals surface area (Å²) in [5.74, 6) is -0.659. The van der Waals surface area contributed by atoms with Crippen LogP contribution < -0.4 is 4.74 Å². The van der Waals surface area contributed by atoms with Gasteiger partial charge in [-0.1, -0.05) is 0 Å². The van der Waals surface area contributed by atoms with E-state index in [4.69, 9.17) is 4.74 Å². The zero-order valence-electron chi connectivity index (χ0n) is 18.8. The number of nitrogens with zero attached hydrogens (tertiary/aromatic N) is 4. The summed E-state index contributed by atoms with van der Waals surface area (Å²) in [6.45, 7) is 2.30. The second kappa shape index (κ2) is 8.90.